The van der Waals surface area contributed by atoms with Gasteiger partial charge in [-0.3, -0.25) is 20.0 Å². The molecule has 0 atom stereocenters. The van der Waals surface area contributed by atoms with E-state index in [0.717, 1.165) is 6.54 Å². The Morgan fingerprint density at radius 3 is 2.74 bits per heavy atom. The zero-order valence-corrected chi connectivity index (χ0v) is 14.0. The zero-order valence-electron chi connectivity index (χ0n) is 13.2. The minimum atomic E-state index is -1.26. The number of aliphatic carboxylic acids is 1. The van der Waals surface area contributed by atoms with Gasteiger partial charge in [-0.1, -0.05) is 12.5 Å². The minimum Gasteiger partial charge on any atom is -0.477 e. The second-order valence-corrected chi connectivity index (χ2v) is 5.85. The summed E-state index contributed by atoms with van der Waals surface area (Å²) in [6.45, 7) is 6.55. The molecule has 0 saturated heterocycles. The first kappa shape index (κ1) is 17.0. The monoisotopic (exact) mass is 334 g/mol. The molecule has 0 amide bonds. The lowest BCUT2D eigenvalue weighted by atomic mass is 9.95. The van der Waals surface area contributed by atoms with Crippen LogP contribution in [0.15, 0.2) is 39.5 Å². The highest BCUT2D eigenvalue weighted by Crippen LogP contribution is 2.28. The van der Waals surface area contributed by atoms with E-state index in [2.05, 4.69) is 15.3 Å². The first-order valence-electron chi connectivity index (χ1n) is 7.08. The van der Waals surface area contributed by atoms with Crippen molar-refractivity contribution in [3.63, 3.8) is 0 Å². The average Bonchev–Trinajstić information content (AvgIpc) is 3.00. The molecule has 7 nitrogen and oxygen atoms in total. The number of carbonyl (C=O) groups excluding carboxylic acids is 1. The molecule has 0 radical (unpaired) electrons. The Bertz CT molecular complexity index is 700. The van der Waals surface area contributed by atoms with E-state index >= 15 is 0 Å². The van der Waals surface area contributed by atoms with E-state index in [-0.39, 0.29) is 5.57 Å². The molecule has 0 saturated carbocycles. The molecule has 1 aliphatic heterocycles. The topological polar surface area (TPSA) is 94.9 Å². The second kappa shape index (κ2) is 7.30. The summed E-state index contributed by atoms with van der Waals surface area (Å²) in [5.41, 5.74) is 0.718. The lowest BCUT2D eigenvalue weighted by Crippen LogP contribution is -2.39. The molecular weight excluding hydrogens is 316 g/mol. The largest absolute Gasteiger partial charge is 0.477 e. The Labute approximate surface area is 138 Å². The summed E-state index contributed by atoms with van der Waals surface area (Å²) in [6, 6.07) is 0. The molecule has 0 fully saturated rings. The van der Waals surface area contributed by atoms with E-state index in [1.807, 2.05) is 6.92 Å². The van der Waals surface area contributed by atoms with Crippen molar-refractivity contribution in [1.29, 1.82) is 0 Å². The van der Waals surface area contributed by atoms with Gasteiger partial charge in [-0.15, -0.1) is 11.3 Å². The molecule has 0 unspecified atom stereocenters. The number of nitrogens with zero attached hydrogens (tertiary/aromatic N) is 3. The van der Waals surface area contributed by atoms with Crippen molar-refractivity contribution >= 4 is 34.1 Å². The Balaban J connectivity index is 2.62. The number of hydrogen-bond donors (Lipinski definition) is 2. The van der Waals surface area contributed by atoms with Crippen LogP contribution in [0.25, 0.3) is 0 Å². The van der Waals surface area contributed by atoms with Crippen LogP contribution in [-0.2, 0) is 9.59 Å². The third kappa shape index (κ3) is 3.54. The zero-order chi connectivity index (χ0) is 17.0. The van der Waals surface area contributed by atoms with Gasteiger partial charge in [0.25, 0.3) is 0 Å². The number of hydrogen-bond acceptors (Lipinski definition) is 6. The molecule has 122 valence electrons. The van der Waals surface area contributed by atoms with Gasteiger partial charge in [0.1, 0.15) is 11.4 Å². The standard InChI is InChI=1S/C15H18N4O3S/c1-4-16-8-18-13-11(9(2)3)12(20)10(14(21)22)7-19(13)15-17-5-6-23-15/h5-7,16H,4,8H2,1-3H3,(H,21,22)/b18-13+. The Hall–Kier alpha value is -2.32. The van der Waals surface area contributed by atoms with Crippen molar-refractivity contribution in [2.45, 2.75) is 20.8 Å². The van der Waals surface area contributed by atoms with Crippen molar-refractivity contribution in [2.24, 2.45) is 4.99 Å². The molecular formula is C15H18N4O3S. The smallest absolute Gasteiger partial charge is 0.341 e. The first-order valence-corrected chi connectivity index (χ1v) is 7.96. The number of aliphatic imine (C=N–C) groups is 1. The fourth-order valence-corrected chi connectivity index (χ4v) is 2.70. The molecule has 2 heterocycles. The Kier molecular flexibility index (Phi) is 5.41. The van der Waals surface area contributed by atoms with Gasteiger partial charge in [0.15, 0.2) is 5.13 Å². The third-order valence-corrected chi connectivity index (χ3v) is 3.90. The highest BCUT2D eigenvalue weighted by atomic mass is 32.1. The van der Waals surface area contributed by atoms with Crippen LogP contribution in [0.5, 0.6) is 0 Å². The molecule has 1 aromatic heterocycles. The van der Waals surface area contributed by atoms with Crippen LogP contribution in [0, 0.1) is 0 Å². The number of Topliss-reactive ketones (excluding diaryl/α,β-unsaturated/α-hetero) is 1. The number of aromatic nitrogens is 1. The van der Waals surface area contributed by atoms with Crippen LogP contribution in [-0.4, -0.2) is 40.9 Å². The molecule has 0 aromatic carbocycles. The molecule has 8 heteroatoms. The lowest BCUT2D eigenvalue weighted by molar-refractivity contribution is -0.134. The van der Waals surface area contributed by atoms with E-state index < -0.39 is 11.8 Å². The van der Waals surface area contributed by atoms with Gasteiger partial charge in [-0.2, -0.15) is 0 Å². The van der Waals surface area contributed by atoms with Gasteiger partial charge in [0.2, 0.25) is 5.78 Å². The summed E-state index contributed by atoms with van der Waals surface area (Å²) in [5.74, 6) is -1.38. The van der Waals surface area contributed by atoms with Gasteiger partial charge in [0.05, 0.1) is 12.2 Å². The van der Waals surface area contributed by atoms with Crippen molar-refractivity contribution in [1.82, 2.24) is 10.3 Å². The van der Waals surface area contributed by atoms with E-state index in [0.29, 0.717) is 28.8 Å². The molecule has 1 aliphatic rings. The maximum absolute atomic E-state index is 12.5. The van der Waals surface area contributed by atoms with Gasteiger partial charge < -0.3 is 5.11 Å². The molecule has 0 aliphatic carbocycles. The molecule has 0 bridgehead atoms. The number of nitrogens with one attached hydrogen (secondary N) is 1. The molecule has 1 aromatic rings. The fourth-order valence-electron chi connectivity index (χ4n) is 2.09. The quantitative estimate of drug-likeness (QED) is 0.484. The van der Waals surface area contributed by atoms with Gasteiger partial charge in [-0.25, -0.2) is 9.78 Å². The highest BCUT2D eigenvalue weighted by molar-refractivity contribution is 7.13. The summed E-state index contributed by atoms with van der Waals surface area (Å²) in [4.78, 5) is 34.1. The van der Waals surface area contributed by atoms with Crippen molar-refractivity contribution in [2.75, 3.05) is 18.1 Å². The number of carboxylic acids is 1. The SMILES string of the molecule is CCNC/N=C1\C(=C(C)C)C(=O)C(C(=O)O)=CN1c1nccs1. The number of carbonyl (C=O) groups is 2. The van der Waals surface area contributed by atoms with Crippen molar-refractivity contribution < 1.29 is 14.7 Å². The van der Waals surface area contributed by atoms with E-state index in [1.54, 1.807) is 30.3 Å². The van der Waals surface area contributed by atoms with Gasteiger partial charge in [-0.05, 0) is 20.4 Å². The molecule has 0 spiro atoms. The van der Waals surface area contributed by atoms with Crippen molar-refractivity contribution in [3.05, 3.63) is 34.5 Å². The second-order valence-electron chi connectivity index (χ2n) is 4.98. The molecule has 2 N–H and O–H groups in total. The first-order chi connectivity index (χ1) is 11.0. The van der Waals surface area contributed by atoms with Crippen LogP contribution in [0.1, 0.15) is 20.8 Å². The number of ketones is 1. The lowest BCUT2D eigenvalue weighted by Gasteiger charge is -2.27. The van der Waals surface area contributed by atoms with Gasteiger partial charge in [0, 0.05) is 17.8 Å². The number of rotatable bonds is 5. The summed E-state index contributed by atoms with van der Waals surface area (Å²) in [5, 5.41) is 14.7. The number of allylic oxidation sites excluding steroid dienone is 1. The van der Waals surface area contributed by atoms with E-state index in [1.165, 1.54) is 17.5 Å². The maximum atomic E-state index is 12.5. The fraction of sp³-hybridized carbons (Fsp3) is 0.333. The minimum absolute atomic E-state index is 0.293. The van der Waals surface area contributed by atoms with Crippen LogP contribution in [0.4, 0.5) is 5.13 Å². The Morgan fingerprint density at radius 2 is 2.22 bits per heavy atom. The Morgan fingerprint density at radius 1 is 1.48 bits per heavy atom. The van der Waals surface area contributed by atoms with Crippen LogP contribution in [0.2, 0.25) is 0 Å². The number of thiazole rings is 1. The van der Waals surface area contributed by atoms with E-state index in [9.17, 15) is 14.7 Å². The normalized spacial score (nSPS) is 16.7. The van der Waals surface area contributed by atoms with Crippen molar-refractivity contribution in [3.8, 4) is 0 Å². The predicted molar refractivity (Wildman–Crippen MR) is 89.7 cm³/mol. The molecule has 23 heavy (non-hydrogen) atoms. The van der Waals surface area contributed by atoms with Crippen LogP contribution >= 0.6 is 11.3 Å². The van der Waals surface area contributed by atoms with Crippen LogP contribution < -0.4 is 10.2 Å². The van der Waals surface area contributed by atoms with Crippen LogP contribution in [0.3, 0.4) is 0 Å². The summed E-state index contributed by atoms with van der Waals surface area (Å²) < 4.78 is 0. The summed E-state index contributed by atoms with van der Waals surface area (Å²) >= 11 is 1.34. The number of anilines is 1. The predicted octanol–water partition coefficient (Wildman–Crippen LogP) is 1.80. The maximum Gasteiger partial charge on any atom is 0.341 e. The number of carboxylic acid groups (broad SMARTS) is 1. The number of amidine groups is 1. The summed E-state index contributed by atoms with van der Waals surface area (Å²) in [7, 11) is 0. The average molecular weight is 334 g/mol. The highest BCUT2D eigenvalue weighted by Gasteiger charge is 2.35. The van der Waals surface area contributed by atoms with E-state index in [4.69, 9.17) is 0 Å². The van der Waals surface area contributed by atoms with Gasteiger partial charge >= 0.3 is 5.97 Å². The molecule has 2 rings (SSSR count). The summed E-state index contributed by atoms with van der Waals surface area (Å²) in [6.07, 6.45) is 2.91. The third-order valence-electron chi connectivity index (χ3n) is 3.13.